The topological polar surface area (TPSA) is 26.5 Å². The van der Waals surface area contributed by atoms with Gasteiger partial charge in [-0.3, -0.25) is 0 Å². The van der Waals surface area contributed by atoms with E-state index in [4.69, 9.17) is 0 Å². The molecule has 2 heterocycles. The van der Waals surface area contributed by atoms with E-state index in [9.17, 15) is 5.11 Å². The lowest BCUT2D eigenvalue weighted by Gasteiger charge is -2.26. The number of hydrogen-bond acceptors (Lipinski definition) is 2. The summed E-state index contributed by atoms with van der Waals surface area (Å²) in [5.41, 5.74) is 3.66. The lowest BCUT2D eigenvalue weighted by molar-refractivity contribution is -0.661. The minimum absolute atomic E-state index is 0.593. The zero-order chi connectivity index (χ0) is 16.7. The fourth-order valence-electron chi connectivity index (χ4n) is 4.23. The van der Waals surface area contributed by atoms with Crippen molar-refractivity contribution in [2.75, 3.05) is 18.0 Å². The molecule has 0 spiro atoms. The maximum Gasteiger partial charge on any atom is 0.271 e. The van der Waals surface area contributed by atoms with Gasteiger partial charge in [0.1, 0.15) is 5.69 Å². The molecule has 3 heteroatoms. The van der Waals surface area contributed by atoms with Crippen molar-refractivity contribution < 1.29 is 9.68 Å². The molecule has 0 saturated carbocycles. The van der Waals surface area contributed by atoms with Gasteiger partial charge in [-0.05, 0) is 44.4 Å². The maximum absolute atomic E-state index is 11.7. The molecule has 24 heavy (non-hydrogen) atoms. The predicted octanol–water partition coefficient (Wildman–Crippen LogP) is 3.56. The predicted molar refractivity (Wildman–Crippen MR) is 97.6 cm³/mol. The van der Waals surface area contributed by atoms with Gasteiger partial charge in [0, 0.05) is 12.0 Å². The van der Waals surface area contributed by atoms with Crippen molar-refractivity contribution in [1.29, 1.82) is 0 Å². The highest BCUT2D eigenvalue weighted by Gasteiger charge is 2.52. The van der Waals surface area contributed by atoms with Crippen molar-refractivity contribution in [2.24, 2.45) is 0 Å². The minimum atomic E-state index is -0.941. The number of para-hydroxylation sites is 1. The van der Waals surface area contributed by atoms with Gasteiger partial charge in [0.15, 0.2) is 6.54 Å². The molecule has 4 rings (SSSR count). The third-order valence-electron chi connectivity index (χ3n) is 5.36. The van der Waals surface area contributed by atoms with Crippen LogP contribution in [0.1, 0.15) is 36.0 Å². The monoisotopic (exact) mass is 321 g/mol. The van der Waals surface area contributed by atoms with Crippen LogP contribution in [-0.2, 0) is 5.72 Å². The molecule has 0 radical (unpaired) electrons. The Bertz CT molecular complexity index is 797. The van der Waals surface area contributed by atoms with Crippen molar-refractivity contribution in [3.8, 4) is 0 Å². The van der Waals surface area contributed by atoms with E-state index in [1.54, 1.807) is 0 Å². The highest BCUT2D eigenvalue weighted by atomic mass is 16.3. The van der Waals surface area contributed by atoms with Gasteiger partial charge in [-0.2, -0.15) is 0 Å². The lowest BCUT2D eigenvalue weighted by Crippen LogP contribution is -2.42. The summed E-state index contributed by atoms with van der Waals surface area (Å²) >= 11 is 0. The average molecular weight is 321 g/mol. The Labute approximate surface area is 143 Å². The van der Waals surface area contributed by atoms with E-state index in [1.165, 1.54) is 23.5 Å². The zero-order valence-electron chi connectivity index (χ0n) is 14.5. The molecule has 0 fully saturated rings. The summed E-state index contributed by atoms with van der Waals surface area (Å²) in [6.07, 6.45) is 3.36. The van der Waals surface area contributed by atoms with Crippen LogP contribution in [0, 0.1) is 13.8 Å². The largest absolute Gasteiger partial charge is 0.346 e. The first-order chi connectivity index (χ1) is 11.6. The van der Waals surface area contributed by atoms with Crippen molar-refractivity contribution in [1.82, 2.24) is 0 Å². The normalized spacial score (nSPS) is 23.5. The standard InChI is InChI=1S/C21H25N2O/c1-16-11-12-19(17(2)14-16)21(24)15-22(18-8-4-3-5-9-18)20-10-6-7-13-23(20)21/h3-5,8-9,11-12,14,24H,6-7,10,13,15H2,1-2H3/q+1. The SMILES string of the molecule is Cc1ccc(C2(O)CN(c3ccccc3)C3=[N+]2CCCC3)c(C)c1. The summed E-state index contributed by atoms with van der Waals surface area (Å²) < 4.78 is 2.24. The van der Waals surface area contributed by atoms with Gasteiger partial charge >= 0.3 is 0 Å². The fourth-order valence-corrected chi connectivity index (χ4v) is 4.23. The molecule has 0 amide bonds. The Kier molecular flexibility index (Phi) is 3.69. The molecule has 0 aromatic heterocycles. The first-order valence-corrected chi connectivity index (χ1v) is 8.86. The molecular formula is C21H25N2O+. The van der Waals surface area contributed by atoms with Gasteiger partial charge in [0.05, 0.1) is 6.54 Å². The molecule has 0 aliphatic carbocycles. The molecule has 2 aliphatic heterocycles. The van der Waals surface area contributed by atoms with E-state index < -0.39 is 5.72 Å². The summed E-state index contributed by atoms with van der Waals surface area (Å²) in [6.45, 7) is 5.72. The number of benzene rings is 2. The average Bonchev–Trinajstić information content (AvgIpc) is 2.90. The highest BCUT2D eigenvalue weighted by molar-refractivity contribution is 5.96. The smallest absolute Gasteiger partial charge is 0.271 e. The molecule has 124 valence electrons. The molecule has 0 bridgehead atoms. The summed E-state index contributed by atoms with van der Waals surface area (Å²) in [7, 11) is 0. The molecule has 1 N–H and O–H groups in total. The van der Waals surface area contributed by atoms with Gasteiger partial charge < -0.3 is 5.11 Å². The summed E-state index contributed by atoms with van der Waals surface area (Å²) in [4.78, 5) is 2.30. The van der Waals surface area contributed by atoms with Crippen molar-refractivity contribution in [2.45, 2.75) is 38.8 Å². The minimum Gasteiger partial charge on any atom is -0.346 e. The van der Waals surface area contributed by atoms with Gasteiger partial charge in [-0.1, -0.05) is 42.0 Å². The number of amidine groups is 1. The number of nitrogens with zero attached hydrogens (tertiary/aromatic N) is 2. The van der Waals surface area contributed by atoms with E-state index in [0.717, 1.165) is 30.5 Å². The molecular weight excluding hydrogens is 296 g/mol. The summed E-state index contributed by atoms with van der Waals surface area (Å²) in [5.74, 6) is 1.26. The number of rotatable bonds is 2. The number of aliphatic hydroxyl groups is 1. The molecule has 2 aliphatic rings. The third-order valence-corrected chi connectivity index (χ3v) is 5.36. The Morgan fingerprint density at radius 3 is 2.58 bits per heavy atom. The first kappa shape index (κ1) is 15.4. The van der Waals surface area contributed by atoms with Crippen LogP contribution < -0.4 is 4.90 Å². The quantitative estimate of drug-likeness (QED) is 0.856. The number of hydrogen-bond donors (Lipinski definition) is 1. The Balaban J connectivity index is 1.83. The van der Waals surface area contributed by atoms with Gasteiger partial charge in [-0.15, -0.1) is 0 Å². The second kappa shape index (κ2) is 5.75. The van der Waals surface area contributed by atoms with Gasteiger partial charge in [-0.25, -0.2) is 9.48 Å². The van der Waals surface area contributed by atoms with Gasteiger partial charge in [0.2, 0.25) is 0 Å². The number of aryl methyl sites for hydroxylation is 2. The van der Waals surface area contributed by atoms with Crippen LogP contribution in [0.4, 0.5) is 5.69 Å². The first-order valence-electron chi connectivity index (χ1n) is 8.86. The molecule has 3 nitrogen and oxygen atoms in total. The lowest BCUT2D eigenvalue weighted by atomic mass is 9.95. The number of anilines is 1. The van der Waals surface area contributed by atoms with Crippen LogP contribution in [-0.4, -0.2) is 28.6 Å². The van der Waals surface area contributed by atoms with Crippen molar-refractivity contribution in [3.63, 3.8) is 0 Å². The third kappa shape index (κ3) is 2.35. The van der Waals surface area contributed by atoms with Crippen LogP contribution in [0.3, 0.4) is 0 Å². The van der Waals surface area contributed by atoms with E-state index in [2.05, 4.69) is 65.8 Å². The highest BCUT2D eigenvalue weighted by Crippen LogP contribution is 2.37. The molecule has 2 aromatic rings. The maximum atomic E-state index is 11.7. The van der Waals surface area contributed by atoms with Crippen LogP contribution >= 0.6 is 0 Å². The molecule has 1 unspecified atom stereocenters. The van der Waals surface area contributed by atoms with Crippen molar-refractivity contribution >= 4 is 11.5 Å². The van der Waals surface area contributed by atoms with Crippen LogP contribution in [0.25, 0.3) is 0 Å². The fraction of sp³-hybridized carbons (Fsp3) is 0.381. The Hall–Kier alpha value is -2.13. The second-order valence-electron chi connectivity index (χ2n) is 7.08. The van der Waals surface area contributed by atoms with Crippen molar-refractivity contribution in [3.05, 3.63) is 65.2 Å². The zero-order valence-corrected chi connectivity index (χ0v) is 14.5. The Morgan fingerprint density at radius 2 is 1.83 bits per heavy atom. The van der Waals surface area contributed by atoms with Gasteiger partial charge in [0.25, 0.3) is 11.6 Å². The second-order valence-corrected chi connectivity index (χ2v) is 7.08. The van der Waals surface area contributed by atoms with E-state index >= 15 is 0 Å². The summed E-state index contributed by atoms with van der Waals surface area (Å²) in [5, 5.41) is 11.7. The van der Waals surface area contributed by atoms with E-state index in [0.29, 0.717) is 6.54 Å². The molecule has 2 aromatic carbocycles. The van der Waals surface area contributed by atoms with Crippen LogP contribution in [0.15, 0.2) is 48.5 Å². The molecule has 1 atom stereocenters. The molecule has 0 saturated heterocycles. The number of β-amino-alcohol motifs (C(OH)–C–C–N with tert-alkyl or cyclic N) is 1. The van der Waals surface area contributed by atoms with Crippen LogP contribution in [0.5, 0.6) is 0 Å². The van der Waals surface area contributed by atoms with Crippen LogP contribution in [0.2, 0.25) is 0 Å². The van der Waals surface area contributed by atoms with E-state index in [1.807, 2.05) is 6.07 Å². The summed E-state index contributed by atoms with van der Waals surface area (Å²) in [6, 6.07) is 16.8. The Morgan fingerprint density at radius 1 is 1.04 bits per heavy atom. The van der Waals surface area contributed by atoms with E-state index in [-0.39, 0.29) is 0 Å².